The predicted octanol–water partition coefficient (Wildman–Crippen LogP) is 2.11. The first-order valence-electron chi connectivity index (χ1n) is 6.15. The summed E-state index contributed by atoms with van der Waals surface area (Å²) in [6, 6.07) is 4.25. The molecule has 0 unspecified atom stereocenters. The fraction of sp³-hybridized carbons (Fsp3) is 0.357. The third kappa shape index (κ3) is 2.65. The highest BCUT2D eigenvalue weighted by Gasteiger charge is 2.13. The van der Waals surface area contributed by atoms with Crippen LogP contribution in [0.2, 0.25) is 0 Å². The molecule has 2 aromatic rings. The number of nitrogens with zero attached hydrogens (tertiary/aromatic N) is 4. The highest BCUT2D eigenvalue weighted by Crippen LogP contribution is 2.26. The van der Waals surface area contributed by atoms with Gasteiger partial charge in [0.2, 0.25) is 11.9 Å². The minimum Gasteiger partial charge on any atom is -0.368 e. The minimum atomic E-state index is 0.244. The van der Waals surface area contributed by atoms with Gasteiger partial charge in [-0.05, 0) is 31.9 Å². The van der Waals surface area contributed by atoms with E-state index in [4.69, 9.17) is 5.73 Å². The first kappa shape index (κ1) is 13.3. The van der Waals surface area contributed by atoms with Crippen molar-refractivity contribution in [3.05, 3.63) is 28.8 Å². The van der Waals surface area contributed by atoms with Crippen molar-refractivity contribution in [2.24, 2.45) is 0 Å². The normalized spacial score (nSPS) is 10.6. The van der Waals surface area contributed by atoms with E-state index in [0.717, 1.165) is 16.7 Å². The molecule has 0 aliphatic carbocycles. The molecule has 0 aliphatic rings. The lowest BCUT2D eigenvalue weighted by Gasteiger charge is -2.14. The third-order valence-corrected chi connectivity index (χ3v) is 2.94. The summed E-state index contributed by atoms with van der Waals surface area (Å²) in [5.74, 6) is 1.45. The van der Waals surface area contributed by atoms with E-state index in [1.165, 1.54) is 5.56 Å². The van der Waals surface area contributed by atoms with Crippen molar-refractivity contribution in [1.29, 1.82) is 0 Å². The van der Waals surface area contributed by atoms with Crippen molar-refractivity contribution in [1.82, 2.24) is 15.0 Å². The zero-order valence-corrected chi connectivity index (χ0v) is 12.0. The molecule has 1 heterocycles. The molecule has 2 rings (SSSR count). The van der Waals surface area contributed by atoms with Gasteiger partial charge in [-0.15, -0.1) is 0 Å². The van der Waals surface area contributed by atoms with Gasteiger partial charge >= 0.3 is 0 Å². The number of benzene rings is 1. The quantitative estimate of drug-likeness (QED) is 0.892. The van der Waals surface area contributed by atoms with Crippen LogP contribution in [0.3, 0.4) is 0 Å². The van der Waals surface area contributed by atoms with Crippen LogP contribution in [-0.4, -0.2) is 29.0 Å². The molecule has 0 radical (unpaired) electrons. The second kappa shape index (κ2) is 4.84. The number of aryl methyl sites for hydroxylation is 3. The Bertz CT molecular complexity index is 596. The maximum Gasteiger partial charge on any atom is 0.230 e. The molecule has 0 amide bonds. The molecule has 0 fully saturated rings. The molecule has 0 aliphatic heterocycles. The van der Waals surface area contributed by atoms with Crippen molar-refractivity contribution in [2.45, 2.75) is 20.8 Å². The lowest BCUT2D eigenvalue weighted by Crippen LogP contribution is -2.15. The number of rotatable bonds is 2. The molecule has 1 aromatic carbocycles. The Kier molecular flexibility index (Phi) is 3.38. The molecule has 5 nitrogen and oxygen atoms in total. The summed E-state index contributed by atoms with van der Waals surface area (Å²) in [5, 5.41) is 0. The van der Waals surface area contributed by atoms with Crippen LogP contribution in [-0.2, 0) is 0 Å². The first-order valence-corrected chi connectivity index (χ1v) is 6.15. The third-order valence-electron chi connectivity index (χ3n) is 2.94. The first-order chi connectivity index (χ1) is 8.88. The number of hydrogen-bond acceptors (Lipinski definition) is 5. The monoisotopic (exact) mass is 257 g/mol. The second-order valence-electron chi connectivity index (χ2n) is 4.99. The molecular formula is C14H19N5. The summed E-state index contributed by atoms with van der Waals surface area (Å²) in [6.45, 7) is 6.20. The van der Waals surface area contributed by atoms with Gasteiger partial charge in [-0.2, -0.15) is 15.0 Å². The molecule has 2 N–H and O–H groups in total. The Morgan fingerprint density at radius 3 is 2.05 bits per heavy atom. The van der Waals surface area contributed by atoms with Crippen LogP contribution in [0.15, 0.2) is 12.1 Å². The number of nitrogens with two attached hydrogens (primary N) is 1. The van der Waals surface area contributed by atoms with E-state index in [-0.39, 0.29) is 5.95 Å². The minimum absolute atomic E-state index is 0.244. The lowest BCUT2D eigenvalue weighted by molar-refractivity contribution is 0.968. The van der Waals surface area contributed by atoms with E-state index in [1.54, 1.807) is 0 Å². The van der Waals surface area contributed by atoms with Crippen LogP contribution < -0.4 is 10.6 Å². The van der Waals surface area contributed by atoms with Gasteiger partial charge in [0.1, 0.15) is 0 Å². The number of aromatic nitrogens is 3. The summed E-state index contributed by atoms with van der Waals surface area (Å²) >= 11 is 0. The van der Waals surface area contributed by atoms with Crippen LogP contribution in [0.4, 0.5) is 11.9 Å². The smallest absolute Gasteiger partial charge is 0.230 e. The standard InChI is InChI=1S/C14H19N5/c1-8-6-9(2)11(10(3)7-8)12-16-13(15)18-14(17-12)19(4)5/h6-7H,1-5H3,(H2,15,16,17,18). The number of anilines is 2. The zero-order valence-electron chi connectivity index (χ0n) is 12.0. The highest BCUT2D eigenvalue weighted by molar-refractivity contribution is 5.66. The number of hydrogen-bond donors (Lipinski definition) is 1. The molecule has 0 saturated heterocycles. The average Bonchev–Trinajstić information content (AvgIpc) is 2.26. The number of nitrogen functional groups attached to an aromatic ring is 1. The summed E-state index contributed by atoms with van der Waals surface area (Å²) in [7, 11) is 3.76. The molecule has 0 atom stereocenters. The van der Waals surface area contributed by atoms with E-state index in [0.29, 0.717) is 11.8 Å². The molecule has 100 valence electrons. The molecule has 5 heteroatoms. The molecule has 0 spiro atoms. The molecular weight excluding hydrogens is 238 g/mol. The highest BCUT2D eigenvalue weighted by atomic mass is 15.3. The van der Waals surface area contributed by atoms with Gasteiger partial charge in [0, 0.05) is 19.7 Å². The largest absolute Gasteiger partial charge is 0.368 e. The molecule has 0 saturated carbocycles. The van der Waals surface area contributed by atoms with E-state index < -0.39 is 0 Å². The maximum absolute atomic E-state index is 5.78. The fourth-order valence-corrected chi connectivity index (χ4v) is 2.23. The maximum atomic E-state index is 5.78. The molecule has 19 heavy (non-hydrogen) atoms. The summed E-state index contributed by atoms with van der Waals surface area (Å²) in [5.41, 5.74) is 10.3. The van der Waals surface area contributed by atoms with Gasteiger partial charge in [-0.25, -0.2) is 0 Å². The van der Waals surface area contributed by atoms with Gasteiger partial charge in [-0.1, -0.05) is 17.7 Å². The van der Waals surface area contributed by atoms with Gasteiger partial charge in [0.25, 0.3) is 0 Å². The lowest BCUT2D eigenvalue weighted by atomic mass is 9.99. The average molecular weight is 257 g/mol. The Hall–Kier alpha value is -2.17. The topological polar surface area (TPSA) is 67.9 Å². The van der Waals surface area contributed by atoms with Crippen molar-refractivity contribution < 1.29 is 0 Å². The molecule has 0 bridgehead atoms. The molecule has 1 aromatic heterocycles. The Labute approximate surface area is 113 Å². The van der Waals surface area contributed by atoms with Crippen LogP contribution in [0.5, 0.6) is 0 Å². The Balaban J connectivity index is 2.65. The SMILES string of the molecule is Cc1cc(C)c(-c2nc(N)nc(N(C)C)n2)c(C)c1. The van der Waals surface area contributed by atoms with Gasteiger partial charge in [0.05, 0.1) is 0 Å². The van der Waals surface area contributed by atoms with Crippen molar-refractivity contribution in [3.63, 3.8) is 0 Å². The summed E-state index contributed by atoms with van der Waals surface area (Å²) in [6.07, 6.45) is 0. The van der Waals surface area contributed by atoms with E-state index in [1.807, 2.05) is 19.0 Å². The van der Waals surface area contributed by atoms with E-state index >= 15 is 0 Å². The van der Waals surface area contributed by atoms with Crippen LogP contribution in [0, 0.1) is 20.8 Å². The van der Waals surface area contributed by atoms with Crippen LogP contribution >= 0.6 is 0 Å². The summed E-state index contributed by atoms with van der Waals surface area (Å²) < 4.78 is 0. The van der Waals surface area contributed by atoms with Crippen LogP contribution in [0.1, 0.15) is 16.7 Å². The van der Waals surface area contributed by atoms with Gasteiger partial charge in [-0.3, -0.25) is 0 Å². The zero-order chi connectivity index (χ0) is 14.2. The van der Waals surface area contributed by atoms with Gasteiger partial charge < -0.3 is 10.6 Å². The fourth-order valence-electron chi connectivity index (χ4n) is 2.23. The van der Waals surface area contributed by atoms with Crippen molar-refractivity contribution in [3.8, 4) is 11.4 Å². The van der Waals surface area contributed by atoms with E-state index in [9.17, 15) is 0 Å². The van der Waals surface area contributed by atoms with Crippen molar-refractivity contribution >= 4 is 11.9 Å². The Morgan fingerprint density at radius 2 is 1.53 bits per heavy atom. The van der Waals surface area contributed by atoms with E-state index in [2.05, 4.69) is 47.9 Å². The van der Waals surface area contributed by atoms with Gasteiger partial charge in [0.15, 0.2) is 5.82 Å². The van der Waals surface area contributed by atoms with Crippen LogP contribution in [0.25, 0.3) is 11.4 Å². The second-order valence-corrected chi connectivity index (χ2v) is 4.99. The van der Waals surface area contributed by atoms with Crippen molar-refractivity contribution in [2.75, 3.05) is 24.7 Å². The Morgan fingerprint density at radius 1 is 0.947 bits per heavy atom. The predicted molar refractivity (Wildman–Crippen MR) is 78.2 cm³/mol. The summed E-state index contributed by atoms with van der Waals surface area (Å²) in [4.78, 5) is 14.7.